The van der Waals surface area contributed by atoms with E-state index < -0.39 is 0 Å². The van der Waals surface area contributed by atoms with Crippen LogP contribution in [-0.4, -0.2) is 85.0 Å². The molecule has 3 fully saturated rings. The lowest BCUT2D eigenvalue weighted by atomic mass is 9.84. The predicted molar refractivity (Wildman–Crippen MR) is 87.0 cm³/mol. The van der Waals surface area contributed by atoms with Gasteiger partial charge in [0.25, 0.3) is 0 Å². The summed E-state index contributed by atoms with van der Waals surface area (Å²) in [5, 5.41) is 0. The van der Waals surface area contributed by atoms with Gasteiger partial charge in [-0.3, -0.25) is 14.5 Å². The third-order valence-electron chi connectivity index (χ3n) is 5.77. The Labute approximate surface area is 138 Å². The molecule has 0 aromatic rings. The van der Waals surface area contributed by atoms with Gasteiger partial charge in [-0.05, 0) is 38.1 Å². The van der Waals surface area contributed by atoms with Crippen LogP contribution in [0.4, 0.5) is 0 Å². The van der Waals surface area contributed by atoms with E-state index in [0.717, 1.165) is 45.4 Å². The molecular formula is C17H29N3O3. The summed E-state index contributed by atoms with van der Waals surface area (Å²) in [6, 6.07) is 0.496. The summed E-state index contributed by atoms with van der Waals surface area (Å²) in [4.78, 5) is 30.7. The molecule has 3 rings (SSSR count). The van der Waals surface area contributed by atoms with Crippen molar-refractivity contribution in [2.45, 2.75) is 44.7 Å². The molecule has 0 radical (unpaired) electrons. The second kappa shape index (κ2) is 7.18. The van der Waals surface area contributed by atoms with Crippen molar-refractivity contribution in [3.05, 3.63) is 0 Å². The summed E-state index contributed by atoms with van der Waals surface area (Å²) in [7, 11) is 1.68. The molecule has 23 heavy (non-hydrogen) atoms. The number of carbonyl (C=O) groups is 2. The first-order valence-corrected chi connectivity index (χ1v) is 8.89. The lowest BCUT2D eigenvalue weighted by Gasteiger charge is -2.50. The lowest BCUT2D eigenvalue weighted by molar-refractivity contribution is -0.149. The van der Waals surface area contributed by atoms with Crippen molar-refractivity contribution in [1.29, 1.82) is 0 Å². The first kappa shape index (κ1) is 16.7. The predicted octanol–water partition coefficient (Wildman–Crippen LogP) is 0.567. The van der Waals surface area contributed by atoms with Crippen LogP contribution in [-0.2, 0) is 14.3 Å². The van der Waals surface area contributed by atoms with Gasteiger partial charge >= 0.3 is 0 Å². The summed E-state index contributed by atoms with van der Waals surface area (Å²) >= 11 is 0. The summed E-state index contributed by atoms with van der Waals surface area (Å²) in [5.41, 5.74) is 0. The Bertz CT molecular complexity index is 448. The molecule has 3 heterocycles. The third-order valence-corrected chi connectivity index (χ3v) is 5.77. The van der Waals surface area contributed by atoms with Crippen molar-refractivity contribution in [3.63, 3.8) is 0 Å². The molecule has 0 saturated carbocycles. The monoisotopic (exact) mass is 323 g/mol. The molecular weight excluding hydrogens is 294 g/mol. The maximum Gasteiger partial charge on any atom is 0.240 e. The molecule has 0 aromatic heterocycles. The highest BCUT2D eigenvalue weighted by molar-refractivity contribution is 5.83. The number of piperidine rings is 3. The van der Waals surface area contributed by atoms with Crippen LogP contribution in [0, 0.1) is 5.92 Å². The quantitative estimate of drug-likeness (QED) is 0.759. The number of fused-ring (bicyclic) bond motifs is 2. The Morgan fingerprint density at radius 1 is 1.22 bits per heavy atom. The number of methoxy groups -OCH3 is 1. The molecule has 3 aliphatic heterocycles. The minimum atomic E-state index is 0.0493. The van der Waals surface area contributed by atoms with Crippen LogP contribution in [0.25, 0.3) is 0 Å². The highest BCUT2D eigenvalue weighted by Crippen LogP contribution is 2.33. The number of amides is 2. The fourth-order valence-corrected chi connectivity index (χ4v) is 4.43. The van der Waals surface area contributed by atoms with Crippen molar-refractivity contribution in [2.75, 3.05) is 46.4 Å². The number of rotatable bonds is 4. The smallest absolute Gasteiger partial charge is 0.240 e. The second-order valence-corrected chi connectivity index (χ2v) is 7.16. The topological polar surface area (TPSA) is 53.1 Å². The Morgan fingerprint density at radius 2 is 1.96 bits per heavy atom. The van der Waals surface area contributed by atoms with Gasteiger partial charge in [-0.25, -0.2) is 0 Å². The molecule has 3 saturated heterocycles. The Balaban J connectivity index is 1.63. The molecule has 0 aromatic carbocycles. The van der Waals surface area contributed by atoms with Gasteiger partial charge in [-0.15, -0.1) is 0 Å². The fraction of sp³-hybridized carbons (Fsp3) is 0.882. The van der Waals surface area contributed by atoms with E-state index in [9.17, 15) is 9.59 Å². The maximum atomic E-state index is 12.8. The number of nitrogens with zero attached hydrogens (tertiary/aromatic N) is 3. The summed E-state index contributed by atoms with van der Waals surface area (Å²) < 4.78 is 5.15. The van der Waals surface area contributed by atoms with E-state index in [4.69, 9.17) is 4.74 Å². The molecule has 130 valence electrons. The Hall–Kier alpha value is -1.14. The average molecular weight is 323 g/mol. The lowest BCUT2D eigenvalue weighted by Crippen LogP contribution is -2.62. The molecule has 0 N–H and O–H groups in total. The maximum absolute atomic E-state index is 12.8. The molecule has 6 heteroatoms. The summed E-state index contributed by atoms with van der Waals surface area (Å²) in [6.45, 7) is 6.55. The first-order valence-electron chi connectivity index (χ1n) is 8.89. The average Bonchev–Trinajstić information content (AvgIpc) is 2.57. The standard InChI is InChI=1S/C17H29N3O3/c1-13(21)18-6-4-15(5-7-18)20-8-3-14-11-16(20)17(22)19(12-14)9-10-23-2/h14-16H,3-12H2,1-2H3/t14-,16+/m0/s1. The zero-order valence-corrected chi connectivity index (χ0v) is 14.4. The Kier molecular flexibility index (Phi) is 5.21. The van der Waals surface area contributed by atoms with Gasteiger partial charge < -0.3 is 14.5 Å². The van der Waals surface area contributed by atoms with Gasteiger partial charge in [0.2, 0.25) is 11.8 Å². The molecule has 0 spiro atoms. The zero-order valence-electron chi connectivity index (χ0n) is 14.4. The van der Waals surface area contributed by atoms with E-state index in [1.165, 1.54) is 6.42 Å². The van der Waals surface area contributed by atoms with Gasteiger partial charge in [0, 0.05) is 46.3 Å². The fourth-order valence-electron chi connectivity index (χ4n) is 4.43. The van der Waals surface area contributed by atoms with E-state index in [1.54, 1.807) is 14.0 Å². The molecule has 2 amide bonds. The van der Waals surface area contributed by atoms with Crippen LogP contribution < -0.4 is 0 Å². The normalized spacial score (nSPS) is 29.9. The molecule has 6 nitrogen and oxygen atoms in total. The van der Waals surface area contributed by atoms with Crippen LogP contribution in [0.2, 0.25) is 0 Å². The third kappa shape index (κ3) is 3.53. The van der Waals surface area contributed by atoms with Crippen LogP contribution in [0.15, 0.2) is 0 Å². The van der Waals surface area contributed by atoms with Crippen molar-refractivity contribution in [3.8, 4) is 0 Å². The largest absolute Gasteiger partial charge is 0.383 e. The van der Waals surface area contributed by atoms with Crippen LogP contribution in [0.1, 0.15) is 32.6 Å². The van der Waals surface area contributed by atoms with Gasteiger partial charge in [0.15, 0.2) is 0 Å². The SMILES string of the molecule is COCCN1C[C@H]2CCN(C3CCN(C(C)=O)CC3)[C@H](C2)C1=O. The molecule has 3 aliphatic rings. The van der Waals surface area contributed by atoms with Gasteiger partial charge in [0.1, 0.15) is 0 Å². The number of hydrogen-bond donors (Lipinski definition) is 0. The highest BCUT2D eigenvalue weighted by Gasteiger charge is 2.43. The zero-order chi connectivity index (χ0) is 16.4. The van der Waals surface area contributed by atoms with Gasteiger partial charge in [-0.2, -0.15) is 0 Å². The van der Waals surface area contributed by atoms with Gasteiger partial charge in [-0.1, -0.05) is 0 Å². The van der Waals surface area contributed by atoms with E-state index >= 15 is 0 Å². The molecule has 0 aliphatic carbocycles. The van der Waals surface area contributed by atoms with Crippen molar-refractivity contribution < 1.29 is 14.3 Å². The van der Waals surface area contributed by atoms with Crippen LogP contribution >= 0.6 is 0 Å². The number of ether oxygens (including phenoxy) is 1. The van der Waals surface area contributed by atoms with Crippen LogP contribution in [0.3, 0.4) is 0 Å². The van der Waals surface area contributed by atoms with E-state index in [-0.39, 0.29) is 17.9 Å². The molecule has 2 bridgehead atoms. The number of hydrogen-bond acceptors (Lipinski definition) is 4. The first-order chi connectivity index (χ1) is 11.1. The Morgan fingerprint density at radius 3 is 2.61 bits per heavy atom. The second-order valence-electron chi connectivity index (χ2n) is 7.16. The van der Waals surface area contributed by atoms with E-state index in [0.29, 0.717) is 25.1 Å². The molecule has 2 atom stereocenters. The van der Waals surface area contributed by atoms with E-state index in [1.807, 2.05) is 9.80 Å². The number of carbonyl (C=O) groups excluding carboxylic acids is 2. The summed E-state index contributed by atoms with van der Waals surface area (Å²) in [5.74, 6) is 1.09. The van der Waals surface area contributed by atoms with E-state index in [2.05, 4.69) is 4.90 Å². The summed E-state index contributed by atoms with van der Waals surface area (Å²) in [6.07, 6.45) is 4.17. The molecule has 0 unspecified atom stereocenters. The van der Waals surface area contributed by atoms with Gasteiger partial charge in [0.05, 0.1) is 12.6 Å². The van der Waals surface area contributed by atoms with Crippen molar-refractivity contribution >= 4 is 11.8 Å². The minimum Gasteiger partial charge on any atom is -0.383 e. The minimum absolute atomic E-state index is 0.0493. The van der Waals surface area contributed by atoms with Crippen molar-refractivity contribution in [1.82, 2.24) is 14.7 Å². The number of likely N-dealkylation sites (tertiary alicyclic amines) is 3. The van der Waals surface area contributed by atoms with Crippen molar-refractivity contribution in [2.24, 2.45) is 5.92 Å². The van der Waals surface area contributed by atoms with Crippen LogP contribution in [0.5, 0.6) is 0 Å². The highest BCUT2D eigenvalue weighted by atomic mass is 16.5.